The van der Waals surface area contributed by atoms with E-state index in [1.54, 1.807) is 6.92 Å². The summed E-state index contributed by atoms with van der Waals surface area (Å²) in [7, 11) is 0. The number of pyridine rings is 1. The fourth-order valence-corrected chi connectivity index (χ4v) is 1.72. The largest absolute Gasteiger partial charge is 0.464 e. The molecule has 1 rings (SSSR count). The summed E-state index contributed by atoms with van der Waals surface area (Å²) in [6.07, 6.45) is -4.00. The third kappa shape index (κ3) is 3.95. The number of esters is 1. The predicted molar refractivity (Wildman–Crippen MR) is 62.6 cm³/mol. The number of carbonyl (C=O) groups excluding carboxylic acids is 1. The zero-order valence-corrected chi connectivity index (χ0v) is 11.1. The van der Waals surface area contributed by atoms with Crippen molar-refractivity contribution in [1.29, 1.82) is 0 Å². The quantitative estimate of drug-likeness (QED) is 0.685. The summed E-state index contributed by atoms with van der Waals surface area (Å²) >= 11 is 11.0. The van der Waals surface area contributed by atoms with E-state index in [0.717, 1.165) is 0 Å². The van der Waals surface area contributed by atoms with Crippen LogP contribution in [0.2, 0.25) is 5.02 Å². The lowest BCUT2D eigenvalue weighted by molar-refractivity contribution is -0.145. The molecule has 0 spiro atoms. The van der Waals surface area contributed by atoms with E-state index in [0.29, 0.717) is 12.3 Å². The minimum atomic E-state index is -4.57. The van der Waals surface area contributed by atoms with Crippen molar-refractivity contribution in [2.24, 2.45) is 0 Å². The summed E-state index contributed by atoms with van der Waals surface area (Å²) in [5.74, 6) is -0.786. The van der Waals surface area contributed by atoms with Gasteiger partial charge in [0.25, 0.3) is 0 Å². The van der Waals surface area contributed by atoms with Crippen molar-refractivity contribution >= 4 is 29.3 Å². The van der Waals surface area contributed by atoms with Crippen LogP contribution < -0.4 is 4.84 Å². The van der Waals surface area contributed by atoms with E-state index in [9.17, 15) is 18.0 Å². The molecular formula is C10H9Cl2F3N2O2. The molecule has 0 fully saturated rings. The lowest BCUT2D eigenvalue weighted by Crippen LogP contribution is -2.26. The lowest BCUT2D eigenvalue weighted by Gasteiger charge is -2.15. The highest BCUT2D eigenvalue weighted by Gasteiger charge is 2.33. The van der Waals surface area contributed by atoms with Crippen LogP contribution in [0.1, 0.15) is 24.2 Å². The molecule has 106 valence electrons. The fraction of sp³-hybridized carbons (Fsp3) is 0.400. The first-order valence-electron chi connectivity index (χ1n) is 5.06. The van der Waals surface area contributed by atoms with Crippen LogP contribution >= 0.6 is 23.4 Å². The Labute approximate surface area is 117 Å². The number of hydrogen-bond acceptors (Lipinski definition) is 4. The third-order valence-electron chi connectivity index (χ3n) is 2.10. The normalized spacial score (nSPS) is 13.2. The molecule has 0 saturated carbocycles. The molecule has 0 saturated heterocycles. The zero-order valence-electron chi connectivity index (χ0n) is 9.59. The second kappa shape index (κ2) is 6.40. The van der Waals surface area contributed by atoms with Crippen molar-refractivity contribution in [1.82, 2.24) is 9.82 Å². The maximum Gasteiger partial charge on any atom is 0.417 e. The van der Waals surface area contributed by atoms with Gasteiger partial charge in [0.15, 0.2) is 6.04 Å². The van der Waals surface area contributed by atoms with Gasteiger partial charge in [-0.3, -0.25) is 4.98 Å². The summed E-state index contributed by atoms with van der Waals surface area (Å²) in [5.41, 5.74) is -1.15. The highest BCUT2D eigenvalue weighted by atomic mass is 35.5. The first kappa shape index (κ1) is 16.0. The Bertz CT molecular complexity index is 469. The van der Waals surface area contributed by atoms with E-state index < -0.39 is 23.8 Å². The number of hydrogen-bond donors (Lipinski definition) is 1. The van der Waals surface area contributed by atoms with Crippen molar-refractivity contribution in [3.05, 3.63) is 28.5 Å². The van der Waals surface area contributed by atoms with Crippen LogP contribution in [0.25, 0.3) is 0 Å². The zero-order chi connectivity index (χ0) is 14.6. The van der Waals surface area contributed by atoms with E-state index in [4.69, 9.17) is 28.1 Å². The standard InChI is InChI=1S/C10H9Cl2F3N2O2/c1-2-19-9(18)8(17-12)7-6(11)3-5(4-16-7)10(13,14)15/h3-4,8,17H,2H2,1H3. The Morgan fingerprint density at radius 1 is 1.58 bits per heavy atom. The fourth-order valence-electron chi connectivity index (χ4n) is 1.25. The molecule has 0 bridgehead atoms. The maximum atomic E-state index is 12.4. The van der Waals surface area contributed by atoms with Gasteiger partial charge in [-0.1, -0.05) is 11.6 Å². The number of aromatic nitrogens is 1. The van der Waals surface area contributed by atoms with Gasteiger partial charge in [-0.25, -0.2) is 9.63 Å². The molecule has 1 heterocycles. The van der Waals surface area contributed by atoms with Crippen LogP contribution in [0.15, 0.2) is 12.3 Å². The van der Waals surface area contributed by atoms with Gasteiger partial charge in [-0.15, -0.1) is 0 Å². The third-order valence-corrected chi connectivity index (χ3v) is 2.62. The molecular weight excluding hydrogens is 308 g/mol. The summed E-state index contributed by atoms with van der Waals surface area (Å²) in [6.45, 7) is 1.66. The SMILES string of the molecule is CCOC(=O)C(NCl)c1ncc(C(F)(F)F)cc1Cl. The minimum absolute atomic E-state index is 0.0894. The van der Waals surface area contributed by atoms with Gasteiger partial charge in [0.05, 0.1) is 22.9 Å². The molecule has 0 aliphatic heterocycles. The Hall–Kier alpha value is -1.05. The number of alkyl halides is 3. The average Bonchev–Trinajstić information content (AvgIpc) is 2.31. The molecule has 19 heavy (non-hydrogen) atoms. The Kier molecular flexibility index (Phi) is 5.39. The Morgan fingerprint density at radius 2 is 2.21 bits per heavy atom. The molecule has 0 amide bonds. The molecule has 1 aromatic heterocycles. The molecule has 4 nitrogen and oxygen atoms in total. The molecule has 1 unspecified atom stereocenters. The van der Waals surface area contributed by atoms with Crippen LogP contribution in [-0.2, 0) is 15.7 Å². The maximum absolute atomic E-state index is 12.4. The highest BCUT2D eigenvalue weighted by molar-refractivity contribution is 6.31. The average molecular weight is 317 g/mol. The van der Waals surface area contributed by atoms with Gasteiger partial charge in [0.1, 0.15) is 0 Å². The van der Waals surface area contributed by atoms with E-state index in [1.807, 2.05) is 0 Å². The Balaban J connectivity index is 3.10. The highest BCUT2D eigenvalue weighted by Crippen LogP contribution is 2.32. The first-order valence-corrected chi connectivity index (χ1v) is 5.82. The molecule has 0 aliphatic rings. The number of nitrogens with one attached hydrogen (secondary N) is 1. The van der Waals surface area contributed by atoms with Gasteiger partial charge < -0.3 is 4.74 Å². The number of halogens is 5. The topological polar surface area (TPSA) is 51.2 Å². The van der Waals surface area contributed by atoms with Crippen LogP contribution in [0.4, 0.5) is 13.2 Å². The first-order chi connectivity index (χ1) is 8.81. The van der Waals surface area contributed by atoms with Gasteiger partial charge in [-0.05, 0) is 24.8 Å². The molecule has 0 radical (unpaired) electrons. The molecule has 1 aromatic rings. The van der Waals surface area contributed by atoms with E-state index in [2.05, 4.69) is 9.82 Å². The molecule has 1 N–H and O–H groups in total. The van der Waals surface area contributed by atoms with Crippen molar-refractivity contribution in [2.75, 3.05) is 6.61 Å². The molecule has 0 aromatic carbocycles. The van der Waals surface area contributed by atoms with Crippen LogP contribution in [-0.4, -0.2) is 17.6 Å². The monoisotopic (exact) mass is 316 g/mol. The summed E-state index contributed by atoms with van der Waals surface area (Å²) in [5, 5.41) is -0.332. The number of nitrogens with zero attached hydrogens (tertiary/aromatic N) is 1. The van der Waals surface area contributed by atoms with E-state index >= 15 is 0 Å². The molecule has 0 aliphatic carbocycles. The Morgan fingerprint density at radius 3 is 2.63 bits per heavy atom. The van der Waals surface area contributed by atoms with Crippen LogP contribution in [0.3, 0.4) is 0 Å². The number of rotatable bonds is 4. The number of ether oxygens (including phenoxy) is 1. The van der Waals surface area contributed by atoms with Crippen molar-refractivity contribution in [2.45, 2.75) is 19.1 Å². The van der Waals surface area contributed by atoms with E-state index in [1.165, 1.54) is 0 Å². The minimum Gasteiger partial charge on any atom is -0.464 e. The summed E-state index contributed by atoms with van der Waals surface area (Å²) in [6, 6.07) is -0.568. The van der Waals surface area contributed by atoms with Crippen molar-refractivity contribution < 1.29 is 22.7 Å². The predicted octanol–water partition coefficient (Wildman–Crippen LogP) is 3.10. The second-order valence-electron chi connectivity index (χ2n) is 3.38. The lowest BCUT2D eigenvalue weighted by atomic mass is 10.1. The van der Waals surface area contributed by atoms with Gasteiger partial charge in [0.2, 0.25) is 0 Å². The van der Waals surface area contributed by atoms with Crippen molar-refractivity contribution in [3.63, 3.8) is 0 Å². The number of carbonyl (C=O) groups is 1. The van der Waals surface area contributed by atoms with Crippen molar-refractivity contribution in [3.8, 4) is 0 Å². The van der Waals surface area contributed by atoms with Crippen LogP contribution in [0, 0.1) is 0 Å². The molecule has 1 atom stereocenters. The van der Waals surface area contributed by atoms with Gasteiger partial charge in [0, 0.05) is 6.20 Å². The second-order valence-corrected chi connectivity index (χ2v) is 4.01. The summed E-state index contributed by atoms with van der Waals surface area (Å²) in [4.78, 5) is 17.1. The smallest absolute Gasteiger partial charge is 0.417 e. The van der Waals surface area contributed by atoms with Gasteiger partial charge >= 0.3 is 12.1 Å². The van der Waals surface area contributed by atoms with Crippen LogP contribution in [0.5, 0.6) is 0 Å². The van der Waals surface area contributed by atoms with E-state index in [-0.39, 0.29) is 17.3 Å². The summed E-state index contributed by atoms with van der Waals surface area (Å²) < 4.78 is 42.0. The molecule has 9 heteroatoms. The van der Waals surface area contributed by atoms with Gasteiger partial charge in [-0.2, -0.15) is 13.2 Å².